The molecule has 6 nitrogen and oxygen atoms in total. The Labute approximate surface area is 110 Å². The lowest BCUT2D eigenvalue weighted by Crippen LogP contribution is -2.31. The molecule has 0 aliphatic heterocycles. The van der Waals surface area contributed by atoms with Crippen molar-refractivity contribution in [3.8, 4) is 5.75 Å². The first-order chi connectivity index (χ1) is 8.60. The summed E-state index contributed by atoms with van der Waals surface area (Å²) in [5.74, 6) is 0.743. The third kappa shape index (κ3) is 3.25. The molecule has 0 aliphatic carbocycles. The lowest BCUT2D eigenvalue weighted by Gasteiger charge is -2.06. The summed E-state index contributed by atoms with van der Waals surface area (Å²) in [4.78, 5) is 24.8. The Hall–Kier alpha value is -2.50. The molecule has 0 atom stereocenters. The van der Waals surface area contributed by atoms with Crippen LogP contribution >= 0.6 is 0 Å². The average molecular weight is 263 g/mol. The summed E-state index contributed by atoms with van der Waals surface area (Å²) in [5, 5.41) is 0. The van der Waals surface area contributed by atoms with E-state index >= 15 is 0 Å². The molecular weight excluding hydrogens is 246 g/mol. The highest BCUT2D eigenvalue weighted by Crippen LogP contribution is 2.11. The number of ether oxygens (including phenoxy) is 1. The van der Waals surface area contributed by atoms with Crippen LogP contribution in [-0.2, 0) is 6.54 Å². The number of aromatic amines is 1. The van der Waals surface area contributed by atoms with Gasteiger partial charge in [-0.15, -0.1) is 0 Å². The number of hydrogen-bond donors (Lipinski definition) is 2. The van der Waals surface area contributed by atoms with Crippen molar-refractivity contribution >= 4 is 5.69 Å². The van der Waals surface area contributed by atoms with Crippen LogP contribution in [-0.4, -0.2) is 16.7 Å². The van der Waals surface area contributed by atoms with E-state index in [4.69, 9.17) is 10.5 Å². The number of nitrogens with two attached hydrogens (primary N) is 1. The fourth-order valence-electron chi connectivity index (χ4n) is 1.57. The highest BCUT2D eigenvalue weighted by atomic mass is 16.5. The van der Waals surface area contributed by atoms with Crippen LogP contribution in [0.3, 0.4) is 0 Å². The Morgan fingerprint density at radius 1 is 1.26 bits per heavy atom. The van der Waals surface area contributed by atoms with Crippen LogP contribution in [0.5, 0.6) is 5.75 Å². The molecule has 0 unspecified atom stereocenters. The molecule has 102 valence electrons. The number of anilines is 1. The molecule has 0 aliphatic rings. The summed E-state index contributed by atoms with van der Waals surface area (Å²) in [6.45, 7) is 0.337. The molecule has 2 rings (SSSR count). The van der Waals surface area contributed by atoms with Crippen LogP contribution in [0.25, 0.3) is 0 Å². The summed E-state index contributed by atoms with van der Waals surface area (Å²) in [6.07, 6.45) is 1.34. The largest absolute Gasteiger partial charge is 0.497 e. The van der Waals surface area contributed by atoms with Gasteiger partial charge >= 0.3 is 5.69 Å². The van der Waals surface area contributed by atoms with Gasteiger partial charge in [0.05, 0.1) is 13.7 Å². The maximum atomic E-state index is 11.5. The smallest absolute Gasteiger partial charge is 0.328 e. The molecule has 0 saturated carbocycles. The molecule has 19 heavy (non-hydrogen) atoms. The van der Waals surface area contributed by atoms with Crippen LogP contribution in [0.4, 0.5) is 5.69 Å². The van der Waals surface area contributed by atoms with Gasteiger partial charge in [-0.1, -0.05) is 19.6 Å². The van der Waals surface area contributed by atoms with Crippen LogP contribution in [0.2, 0.25) is 0 Å². The molecule has 0 radical (unpaired) electrons. The van der Waals surface area contributed by atoms with Crippen LogP contribution < -0.4 is 21.7 Å². The molecule has 0 fully saturated rings. The van der Waals surface area contributed by atoms with Crippen molar-refractivity contribution in [1.82, 2.24) is 9.55 Å². The number of nitrogens with zero attached hydrogens (tertiary/aromatic N) is 1. The third-order valence-corrected chi connectivity index (χ3v) is 2.55. The second kappa shape index (κ2) is 5.90. The Morgan fingerprint density at radius 2 is 1.89 bits per heavy atom. The van der Waals surface area contributed by atoms with E-state index in [1.807, 2.05) is 12.1 Å². The normalized spacial score (nSPS) is 9.74. The first-order valence-corrected chi connectivity index (χ1v) is 5.32. The molecule has 6 heteroatoms. The predicted octanol–water partition coefficient (Wildman–Crippen LogP) is 0.812. The fourth-order valence-corrected chi connectivity index (χ4v) is 1.57. The third-order valence-electron chi connectivity index (χ3n) is 2.55. The predicted molar refractivity (Wildman–Crippen MR) is 74.6 cm³/mol. The maximum Gasteiger partial charge on any atom is 0.328 e. The zero-order valence-corrected chi connectivity index (χ0v) is 9.84. The molecule has 1 aromatic carbocycles. The standard InChI is InChI=1S/C12H13N3O3.CH4/c1-18-9-4-2-8(3-5-9)6-15-7-10(13)11(16)14-12(15)17;/h2-5,7H,6,13H2,1H3,(H,14,16,17);1H4. The maximum absolute atomic E-state index is 11.5. The SMILES string of the molecule is C.COc1ccc(Cn2cc(N)c(=O)[nH]c2=O)cc1. The number of nitrogens with one attached hydrogen (secondary N) is 1. The molecule has 2 aromatic rings. The number of aromatic nitrogens is 2. The Morgan fingerprint density at radius 3 is 2.47 bits per heavy atom. The van der Waals surface area contributed by atoms with E-state index in [9.17, 15) is 9.59 Å². The Bertz CT molecular complexity index is 656. The number of rotatable bonds is 3. The van der Waals surface area contributed by atoms with Crippen molar-refractivity contribution in [2.75, 3.05) is 12.8 Å². The fraction of sp³-hybridized carbons (Fsp3) is 0.231. The van der Waals surface area contributed by atoms with E-state index < -0.39 is 11.2 Å². The van der Waals surface area contributed by atoms with Gasteiger partial charge in [0, 0.05) is 6.20 Å². The molecule has 0 bridgehead atoms. The van der Waals surface area contributed by atoms with Crippen molar-refractivity contribution in [1.29, 1.82) is 0 Å². The Balaban J connectivity index is 0.00000180. The summed E-state index contributed by atoms with van der Waals surface area (Å²) in [6, 6.07) is 7.28. The van der Waals surface area contributed by atoms with E-state index in [2.05, 4.69) is 4.98 Å². The van der Waals surface area contributed by atoms with Gasteiger partial charge in [0.2, 0.25) is 0 Å². The first kappa shape index (κ1) is 14.6. The number of nitrogen functional groups attached to an aromatic ring is 1. The minimum Gasteiger partial charge on any atom is -0.497 e. The topological polar surface area (TPSA) is 90.1 Å². The van der Waals surface area contributed by atoms with Gasteiger partial charge in [-0.3, -0.25) is 14.3 Å². The van der Waals surface area contributed by atoms with E-state index in [0.29, 0.717) is 6.54 Å². The van der Waals surface area contributed by atoms with E-state index in [1.165, 1.54) is 10.8 Å². The number of hydrogen-bond acceptors (Lipinski definition) is 4. The molecule has 0 amide bonds. The van der Waals surface area contributed by atoms with E-state index in [0.717, 1.165) is 11.3 Å². The van der Waals surface area contributed by atoms with Crippen LogP contribution in [0.1, 0.15) is 13.0 Å². The second-order valence-electron chi connectivity index (χ2n) is 3.82. The van der Waals surface area contributed by atoms with Crippen molar-refractivity contribution in [3.05, 3.63) is 56.9 Å². The minimum atomic E-state index is -0.564. The van der Waals surface area contributed by atoms with Crippen LogP contribution in [0.15, 0.2) is 40.1 Å². The lowest BCUT2D eigenvalue weighted by atomic mass is 10.2. The highest BCUT2D eigenvalue weighted by Gasteiger charge is 2.02. The Kier molecular flexibility index (Phi) is 4.52. The summed E-state index contributed by atoms with van der Waals surface area (Å²) in [7, 11) is 1.59. The van der Waals surface area contributed by atoms with Crippen molar-refractivity contribution < 1.29 is 4.74 Å². The summed E-state index contributed by atoms with van der Waals surface area (Å²) >= 11 is 0. The van der Waals surface area contributed by atoms with Crippen molar-refractivity contribution in [2.24, 2.45) is 0 Å². The number of H-pyrrole nitrogens is 1. The van der Waals surface area contributed by atoms with Gasteiger partial charge < -0.3 is 10.5 Å². The zero-order valence-electron chi connectivity index (χ0n) is 9.84. The lowest BCUT2D eigenvalue weighted by molar-refractivity contribution is 0.414. The zero-order chi connectivity index (χ0) is 13.1. The van der Waals surface area contributed by atoms with Gasteiger partial charge in [-0.2, -0.15) is 0 Å². The van der Waals surface area contributed by atoms with Gasteiger partial charge in [-0.05, 0) is 17.7 Å². The van der Waals surface area contributed by atoms with E-state index in [1.54, 1.807) is 19.2 Å². The quantitative estimate of drug-likeness (QED) is 0.857. The monoisotopic (exact) mass is 263 g/mol. The number of methoxy groups -OCH3 is 1. The second-order valence-corrected chi connectivity index (χ2v) is 3.82. The van der Waals surface area contributed by atoms with Gasteiger partial charge in [-0.25, -0.2) is 4.79 Å². The molecule has 3 N–H and O–H groups in total. The number of benzene rings is 1. The summed E-state index contributed by atoms with van der Waals surface area (Å²) in [5.41, 5.74) is 5.34. The first-order valence-electron chi connectivity index (χ1n) is 5.32. The molecule has 1 heterocycles. The highest BCUT2D eigenvalue weighted by molar-refractivity contribution is 5.31. The average Bonchev–Trinajstić information content (AvgIpc) is 2.37. The van der Waals surface area contributed by atoms with E-state index in [-0.39, 0.29) is 13.1 Å². The van der Waals surface area contributed by atoms with Crippen molar-refractivity contribution in [3.63, 3.8) is 0 Å². The molecule has 0 saturated heterocycles. The van der Waals surface area contributed by atoms with Gasteiger partial charge in [0.1, 0.15) is 11.4 Å². The molecule has 0 spiro atoms. The molecule has 1 aromatic heterocycles. The summed E-state index contributed by atoms with van der Waals surface area (Å²) < 4.78 is 6.39. The minimum absolute atomic E-state index is 0. The van der Waals surface area contributed by atoms with Crippen LogP contribution in [0, 0.1) is 0 Å². The van der Waals surface area contributed by atoms with Gasteiger partial charge in [0.25, 0.3) is 5.56 Å². The van der Waals surface area contributed by atoms with Crippen molar-refractivity contribution in [2.45, 2.75) is 14.0 Å². The molecular formula is C13H17N3O3. The van der Waals surface area contributed by atoms with Gasteiger partial charge in [0.15, 0.2) is 0 Å².